The van der Waals surface area contributed by atoms with Crippen molar-refractivity contribution in [1.82, 2.24) is 0 Å². The predicted molar refractivity (Wildman–Crippen MR) is 81.0 cm³/mol. The standard InChI is InChI=1S/C15H23NO3S/c1-11-5-6-13(20(4,17)18)9-14(11)16-12-7-8-19-15(2,3)10-12/h5-6,9,12,16H,7-8,10H2,1-4H3. The third-order valence-electron chi connectivity index (χ3n) is 3.69. The smallest absolute Gasteiger partial charge is 0.175 e. The van der Waals surface area contributed by atoms with Crippen LogP contribution in [0.4, 0.5) is 5.69 Å². The van der Waals surface area contributed by atoms with Crippen LogP contribution in [0.2, 0.25) is 0 Å². The van der Waals surface area contributed by atoms with Crippen LogP contribution < -0.4 is 5.32 Å². The highest BCUT2D eigenvalue weighted by Crippen LogP contribution is 2.28. The van der Waals surface area contributed by atoms with E-state index >= 15 is 0 Å². The summed E-state index contributed by atoms with van der Waals surface area (Å²) in [6.07, 6.45) is 3.08. The molecule has 0 radical (unpaired) electrons. The molecule has 1 heterocycles. The third kappa shape index (κ3) is 3.73. The summed E-state index contributed by atoms with van der Waals surface area (Å²) >= 11 is 0. The molecule has 0 saturated carbocycles. The molecule has 20 heavy (non-hydrogen) atoms. The van der Waals surface area contributed by atoms with E-state index in [1.165, 1.54) is 6.26 Å². The first kappa shape index (κ1) is 15.3. The van der Waals surface area contributed by atoms with Gasteiger partial charge in [-0.25, -0.2) is 8.42 Å². The summed E-state index contributed by atoms with van der Waals surface area (Å²) < 4.78 is 29.0. The van der Waals surface area contributed by atoms with Gasteiger partial charge in [-0.1, -0.05) is 6.07 Å². The highest BCUT2D eigenvalue weighted by atomic mass is 32.2. The van der Waals surface area contributed by atoms with Gasteiger partial charge in [0, 0.05) is 24.6 Å². The first-order valence-corrected chi connectivity index (χ1v) is 8.78. The van der Waals surface area contributed by atoms with Crippen molar-refractivity contribution in [3.05, 3.63) is 23.8 Å². The van der Waals surface area contributed by atoms with E-state index in [0.717, 1.165) is 30.7 Å². The summed E-state index contributed by atoms with van der Waals surface area (Å²) in [7, 11) is -3.17. The Labute approximate surface area is 121 Å². The van der Waals surface area contributed by atoms with Gasteiger partial charge in [-0.3, -0.25) is 0 Å². The molecule has 1 aliphatic rings. The molecule has 1 aromatic rings. The molecule has 1 saturated heterocycles. The fourth-order valence-corrected chi connectivity index (χ4v) is 3.21. The van der Waals surface area contributed by atoms with E-state index in [-0.39, 0.29) is 5.60 Å². The maximum atomic E-state index is 11.6. The van der Waals surface area contributed by atoms with Crippen molar-refractivity contribution >= 4 is 15.5 Å². The minimum Gasteiger partial charge on any atom is -0.382 e. The topological polar surface area (TPSA) is 55.4 Å². The lowest BCUT2D eigenvalue weighted by Gasteiger charge is -2.36. The zero-order chi connectivity index (χ0) is 15.0. The van der Waals surface area contributed by atoms with E-state index in [2.05, 4.69) is 19.2 Å². The molecule has 0 amide bonds. The molecule has 1 atom stereocenters. The van der Waals surface area contributed by atoms with Crippen LogP contribution in [0.3, 0.4) is 0 Å². The maximum Gasteiger partial charge on any atom is 0.175 e. The van der Waals surface area contributed by atoms with E-state index in [1.54, 1.807) is 12.1 Å². The first-order chi connectivity index (χ1) is 9.17. The fourth-order valence-electron chi connectivity index (χ4n) is 2.56. The van der Waals surface area contributed by atoms with Gasteiger partial charge in [0.05, 0.1) is 10.5 Å². The Morgan fingerprint density at radius 2 is 2.05 bits per heavy atom. The van der Waals surface area contributed by atoms with Crippen LogP contribution in [-0.4, -0.2) is 32.9 Å². The third-order valence-corrected chi connectivity index (χ3v) is 4.80. The van der Waals surface area contributed by atoms with Crippen LogP contribution in [0.15, 0.2) is 23.1 Å². The lowest BCUT2D eigenvalue weighted by Crippen LogP contribution is -2.40. The van der Waals surface area contributed by atoms with Gasteiger partial charge in [0.2, 0.25) is 0 Å². The maximum absolute atomic E-state index is 11.6. The Kier molecular flexibility index (Phi) is 4.12. The normalized spacial score (nSPS) is 22.5. The molecule has 0 aliphatic carbocycles. The van der Waals surface area contributed by atoms with E-state index in [9.17, 15) is 8.42 Å². The highest BCUT2D eigenvalue weighted by molar-refractivity contribution is 7.90. The molecule has 2 rings (SSSR count). The Morgan fingerprint density at radius 1 is 1.35 bits per heavy atom. The van der Waals surface area contributed by atoms with E-state index in [0.29, 0.717) is 10.9 Å². The summed E-state index contributed by atoms with van der Waals surface area (Å²) in [4.78, 5) is 0.358. The Hall–Kier alpha value is -1.07. The average Bonchev–Trinajstić information content (AvgIpc) is 2.29. The van der Waals surface area contributed by atoms with Gasteiger partial charge in [0.25, 0.3) is 0 Å². The zero-order valence-corrected chi connectivity index (χ0v) is 13.4. The lowest BCUT2D eigenvalue weighted by atomic mass is 9.93. The minimum absolute atomic E-state index is 0.127. The molecule has 1 N–H and O–H groups in total. The lowest BCUT2D eigenvalue weighted by molar-refractivity contribution is -0.0553. The van der Waals surface area contributed by atoms with Gasteiger partial charge in [0.1, 0.15) is 0 Å². The first-order valence-electron chi connectivity index (χ1n) is 6.89. The summed E-state index contributed by atoms with van der Waals surface area (Å²) in [6, 6.07) is 5.55. The molecular formula is C15H23NO3S. The molecule has 4 nitrogen and oxygen atoms in total. The second-order valence-electron chi connectivity index (χ2n) is 6.19. The van der Waals surface area contributed by atoms with Gasteiger partial charge in [-0.05, 0) is 51.3 Å². The zero-order valence-electron chi connectivity index (χ0n) is 12.6. The van der Waals surface area contributed by atoms with Crippen LogP contribution in [0, 0.1) is 6.92 Å². The second kappa shape index (κ2) is 5.37. The van der Waals surface area contributed by atoms with Gasteiger partial charge in [-0.15, -0.1) is 0 Å². The number of hydrogen-bond donors (Lipinski definition) is 1. The van der Waals surface area contributed by atoms with Crippen LogP contribution in [0.25, 0.3) is 0 Å². The largest absolute Gasteiger partial charge is 0.382 e. The molecule has 112 valence electrons. The number of ether oxygens (including phenoxy) is 1. The van der Waals surface area contributed by atoms with Gasteiger partial charge in [-0.2, -0.15) is 0 Å². The number of aryl methyl sites for hydroxylation is 1. The predicted octanol–water partition coefficient (Wildman–Crippen LogP) is 2.77. The highest BCUT2D eigenvalue weighted by Gasteiger charge is 2.29. The number of rotatable bonds is 3. The Bertz CT molecular complexity index is 593. The SMILES string of the molecule is Cc1ccc(S(C)(=O)=O)cc1NC1CCOC(C)(C)C1. The Balaban J connectivity index is 2.21. The molecule has 0 spiro atoms. The van der Waals surface area contributed by atoms with Gasteiger partial charge in [0.15, 0.2) is 9.84 Å². The van der Waals surface area contributed by atoms with E-state index < -0.39 is 9.84 Å². The number of hydrogen-bond acceptors (Lipinski definition) is 4. The van der Waals surface area contributed by atoms with Crippen molar-refractivity contribution in [2.24, 2.45) is 0 Å². The van der Waals surface area contributed by atoms with Crippen molar-refractivity contribution in [1.29, 1.82) is 0 Å². The van der Waals surface area contributed by atoms with Crippen LogP contribution in [0.5, 0.6) is 0 Å². The van der Waals surface area contributed by atoms with E-state index in [4.69, 9.17) is 4.74 Å². The van der Waals surface area contributed by atoms with Crippen LogP contribution >= 0.6 is 0 Å². The fraction of sp³-hybridized carbons (Fsp3) is 0.600. The molecule has 1 fully saturated rings. The molecule has 1 unspecified atom stereocenters. The number of anilines is 1. The molecule has 0 aromatic heterocycles. The van der Waals surface area contributed by atoms with Crippen molar-refractivity contribution < 1.29 is 13.2 Å². The summed E-state index contributed by atoms with van der Waals surface area (Å²) in [6.45, 7) is 6.88. The number of benzene rings is 1. The number of nitrogens with one attached hydrogen (secondary N) is 1. The summed E-state index contributed by atoms with van der Waals surface area (Å²) in [5.41, 5.74) is 1.83. The monoisotopic (exact) mass is 297 g/mol. The van der Waals surface area contributed by atoms with Gasteiger partial charge >= 0.3 is 0 Å². The minimum atomic E-state index is -3.17. The van der Waals surface area contributed by atoms with Crippen LogP contribution in [0.1, 0.15) is 32.3 Å². The van der Waals surface area contributed by atoms with Crippen molar-refractivity contribution in [2.75, 3.05) is 18.2 Å². The second-order valence-corrected chi connectivity index (χ2v) is 8.21. The molecule has 5 heteroatoms. The summed E-state index contributed by atoms with van der Waals surface area (Å²) in [5, 5.41) is 3.47. The quantitative estimate of drug-likeness (QED) is 0.932. The molecule has 1 aromatic carbocycles. The number of sulfone groups is 1. The van der Waals surface area contributed by atoms with Crippen molar-refractivity contribution in [2.45, 2.75) is 50.2 Å². The van der Waals surface area contributed by atoms with Crippen molar-refractivity contribution in [3.63, 3.8) is 0 Å². The van der Waals surface area contributed by atoms with Crippen LogP contribution in [-0.2, 0) is 14.6 Å². The summed E-state index contributed by atoms with van der Waals surface area (Å²) in [5.74, 6) is 0. The van der Waals surface area contributed by atoms with Crippen molar-refractivity contribution in [3.8, 4) is 0 Å². The molecule has 0 bridgehead atoms. The Morgan fingerprint density at radius 3 is 2.65 bits per heavy atom. The van der Waals surface area contributed by atoms with E-state index in [1.807, 2.05) is 13.0 Å². The van der Waals surface area contributed by atoms with Gasteiger partial charge < -0.3 is 10.1 Å². The molecule has 1 aliphatic heterocycles. The molecular weight excluding hydrogens is 274 g/mol. The average molecular weight is 297 g/mol.